The van der Waals surface area contributed by atoms with Crippen LogP contribution in [0.4, 0.5) is 0 Å². The van der Waals surface area contributed by atoms with E-state index in [2.05, 4.69) is 15.9 Å². The molecule has 0 unspecified atom stereocenters. The molecule has 8 nitrogen and oxygen atoms in total. The van der Waals surface area contributed by atoms with E-state index in [1.54, 1.807) is 12.1 Å². The minimum absolute atomic E-state index is 0.0148. The Morgan fingerprint density at radius 2 is 1.96 bits per heavy atom. The number of carbonyl (C=O) groups excluding carboxylic acids is 1. The highest BCUT2D eigenvalue weighted by Gasteiger charge is 2.16. The van der Waals surface area contributed by atoms with Crippen LogP contribution in [0.3, 0.4) is 0 Å². The summed E-state index contributed by atoms with van der Waals surface area (Å²) < 4.78 is 21.2. The third-order valence-corrected chi connectivity index (χ3v) is 3.36. The lowest BCUT2D eigenvalue weighted by Gasteiger charge is -2.15. The maximum atomic E-state index is 11.8. The van der Waals surface area contributed by atoms with Crippen LogP contribution in [-0.2, 0) is 19.0 Å². The molecule has 0 fully saturated rings. The van der Waals surface area contributed by atoms with Crippen molar-refractivity contribution in [2.24, 2.45) is 0 Å². The number of benzene rings is 1. The van der Waals surface area contributed by atoms with Gasteiger partial charge in [-0.2, -0.15) is 0 Å². The normalized spacial score (nSPS) is 10.4. The molecule has 1 radical (unpaired) electrons. The Labute approximate surface area is 149 Å². The van der Waals surface area contributed by atoms with Crippen molar-refractivity contribution in [3.05, 3.63) is 16.6 Å². The molecule has 0 atom stereocenters. The van der Waals surface area contributed by atoms with E-state index in [0.29, 0.717) is 21.4 Å². The van der Waals surface area contributed by atoms with Crippen LogP contribution in [0.25, 0.3) is 0 Å². The van der Waals surface area contributed by atoms with Crippen LogP contribution in [0.15, 0.2) is 16.6 Å². The fraction of sp³-hybridized carbons (Fsp3) is 0.429. The third-order valence-electron chi connectivity index (χ3n) is 2.74. The molecule has 0 bridgehead atoms. The molecule has 1 N–H and O–H groups in total. The van der Waals surface area contributed by atoms with Gasteiger partial charge in [0.25, 0.3) is 0 Å². The number of ether oxygens (including phenoxy) is 3. The fourth-order valence-electron chi connectivity index (χ4n) is 1.72. The van der Waals surface area contributed by atoms with Crippen molar-refractivity contribution >= 4 is 40.8 Å². The Morgan fingerprint density at radius 3 is 2.54 bits per heavy atom. The molecule has 24 heavy (non-hydrogen) atoms. The zero-order valence-corrected chi connectivity index (χ0v) is 15.2. The average molecular weight is 403 g/mol. The Morgan fingerprint density at radius 1 is 1.25 bits per heavy atom. The highest BCUT2D eigenvalue weighted by atomic mass is 79.9. The van der Waals surface area contributed by atoms with E-state index < -0.39 is 11.9 Å². The van der Waals surface area contributed by atoms with Gasteiger partial charge >= 0.3 is 19.4 Å². The molecule has 0 spiro atoms. The summed E-state index contributed by atoms with van der Waals surface area (Å²) >= 11 is 3.34. The van der Waals surface area contributed by atoms with Gasteiger partial charge in [-0.25, -0.2) is 0 Å². The highest BCUT2D eigenvalue weighted by Crippen LogP contribution is 2.27. The van der Waals surface area contributed by atoms with Crippen LogP contribution in [0.1, 0.15) is 0 Å². The van der Waals surface area contributed by atoms with Gasteiger partial charge in [0.05, 0.1) is 24.7 Å². The number of carboxylic acids is 1. The van der Waals surface area contributed by atoms with Gasteiger partial charge in [0.2, 0.25) is 0 Å². The number of likely N-dealkylation sites (N-methyl/N-ethyl adjacent to an activating group) is 1. The second-order valence-corrected chi connectivity index (χ2v) is 5.60. The first-order chi connectivity index (χ1) is 11.4. The summed E-state index contributed by atoms with van der Waals surface area (Å²) in [6.07, 6.45) is 0. The Hall–Kier alpha value is -1.78. The monoisotopic (exact) mass is 402 g/mol. The Balaban J connectivity index is 2.73. The molecule has 0 aromatic heterocycles. The first-order valence-corrected chi connectivity index (χ1v) is 7.59. The van der Waals surface area contributed by atoms with Gasteiger partial charge < -0.3 is 24.0 Å². The van der Waals surface area contributed by atoms with Gasteiger partial charge in [0, 0.05) is 18.6 Å². The molecule has 0 aliphatic heterocycles. The lowest BCUT2D eigenvalue weighted by molar-refractivity contribution is -0.139. The second kappa shape index (κ2) is 10.2. The standard InChI is InChI=1S/C14H18BBrNO7/c1-17(6-13(18)19)7-14(20)24-15-9-4-10(16)12(22-3)5-11(9)23-8-21-2/h4-5H,6-8H2,1-3H3,(H,18,19). The molecule has 0 amide bonds. The predicted octanol–water partition coefficient (Wildman–Crippen LogP) is 0.245. The van der Waals surface area contributed by atoms with E-state index in [1.165, 1.54) is 33.6 Å². The zero-order valence-electron chi connectivity index (χ0n) is 13.6. The minimum atomic E-state index is -1.02. The summed E-state index contributed by atoms with van der Waals surface area (Å²) in [7, 11) is 5.73. The quantitative estimate of drug-likeness (QED) is 0.439. The van der Waals surface area contributed by atoms with Crippen molar-refractivity contribution in [1.82, 2.24) is 4.90 Å². The summed E-state index contributed by atoms with van der Waals surface area (Å²) in [5, 5.41) is 8.66. The lowest BCUT2D eigenvalue weighted by atomic mass is 9.87. The largest absolute Gasteiger partial charge is 0.532 e. The lowest BCUT2D eigenvalue weighted by Crippen LogP contribution is -2.34. The fourth-order valence-corrected chi connectivity index (χ4v) is 2.24. The van der Waals surface area contributed by atoms with E-state index in [4.69, 9.17) is 24.0 Å². The number of hydrogen-bond acceptors (Lipinski definition) is 7. The van der Waals surface area contributed by atoms with Crippen LogP contribution < -0.4 is 14.9 Å². The van der Waals surface area contributed by atoms with Crippen molar-refractivity contribution in [3.63, 3.8) is 0 Å². The van der Waals surface area contributed by atoms with E-state index >= 15 is 0 Å². The smallest absolute Gasteiger partial charge is 0.416 e. The van der Waals surface area contributed by atoms with Crippen molar-refractivity contribution in [3.8, 4) is 11.5 Å². The predicted molar refractivity (Wildman–Crippen MR) is 89.8 cm³/mol. The molecule has 0 saturated carbocycles. The van der Waals surface area contributed by atoms with Crippen LogP contribution in [-0.4, -0.2) is 70.6 Å². The van der Waals surface area contributed by atoms with Crippen molar-refractivity contribution in [1.29, 1.82) is 0 Å². The molecule has 1 aromatic rings. The van der Waals surface area contributed by atoms with Gasteiger partial charge in [-0.15, -0.1) is 0 Å². The van der Waals surface area contributed by atoms with Crippen molar-refractivity contribution in [2.75, 3.05) is 41.1 Å². The molecule has 0 aliphatic carbocycles. The average Bonchev–Trinajstić information content (AvgIpc) is 2.50. The molecule has 131 valence electrons. The summed E-state index contributed by atoms with van der Waals surface area (Å²) in [5.41, 5.74) is 0.494. The van der Waals surface area contributed by atoms with Crippen molar-refractivity contribution < 1.29 is 33.6 Å². The van der Waals surface area contributed by atoms with Crippen LogP contribution in [0, 0.1) is 0 Å². The molecule has 1 aromatic carbocycles. The maximum absolute atomic E-state index is 11.8. The molecule has 0 saturated heterocycles. The van der Waals surface area contributed by atoms with Crippen LogP contribution in [0.2, 0.25) is 0 Å². The van der Waals surface area contributed by atoms with Crippen LogP contribution >= 0.6 is 15.9 Å². The molecular weight excluding hydrogens is 385 g/mol. The number of halogens is 1. The number of aliphatic carboxylic acids is 1. The topological polar surface area (TPSA) is 94.5 Å². The van der Waals surface area contributed by atoms with E-state index in [0.717, 1.165) is 0 Å². The molecule has 0 heterocycles. The van der Waals surface area contributed by atoms with Gasteiger partial charge in [-0.05, 0) is 29.0 Å². The zero-order chi connectivity index (χ0) is 18.1. The molecular formula is C14H18BBrNO7. The number of rotatable bonds is 10. The van der Waals surface area contributed by atoms with Gasteiger partial charge in [-0.3, -0.25) is 14.5 Å². The third kappa shape index (κ3) is 6.77. The van der Waals surface area contributed by atoms with E-state index in [-0.39, 0.29) is 19.9 Å². The number of hydrogen-bond donors (Lipinski definition) is 1. The number of carbonyl (C=O) groups is 2. The van der Waals surface area contributed by atoms with Crippen molar-refractivity contribution in [2.45, 2.75) is 0 Å². The number of nitrogens with zero attached hydrogens (tertiary/aromatic N) is 1. The van der Waals surface area contributed by atoms with E-state index in [1.807, 2.05) is 0 Å². The second-order valence-electron chi connectivity index (χ2n) is 4.75. The summed E-state index contributed by atoms with van der Waals surface area (Å²) in [5.74, 6) is -0.665. The van der Waals surface area contributed by atoms with Gasteiger partial charge in [-0.1, -0.05) is 0 Å². The van der Waals surface area contributed by atoms with Crippen LogP contribution in [0.5, 0.6) is 11.5 Å². The van der Waals surface area contributed by atoms with Gasteiger partial charge in [0.15, 0.2) is 6.79 Å². The summed E-state index contributed by atoms with van der Waals surface area (Å²) in [4.78, 5) is 23.6. The Kier molecular flexibility index (Phi) is 8.59. The first kappa shape index (κ1) is 20.3. The highest BCUT2D eigenvalue weighted by molar-refractivity contribution is 9.10. The van der Waals surface area contributed by atoms with E-state index in [9.17, 15) is 9.59 Å². The maximum Gasteiger partial charge on any atom is 0.416 e. The number of carboxylic acid groups (broad SMARTS) is 1. The Bertz CT molecular complexity index is 584. The minimum Gasteiger partial charge on any atom is -0.532 e. The van der Waals surface area contributed by atoms with Gasteiger partial charge in [0.1, 0.15) is 11.5 Å². The SMILES string of the molecule is COCOc1cc(OC)c(Br)cc1[B]OC(=O)CN(C)CC(=O)O. The first-order valence-electron chi connectivity index (χ1n) is 6.79. The molecule has 1 rings (SSSR count). The molecule has 10 heteroatoms. The summed E-state index contributed by atoms with van der Waals surface area (Å²) in [6, 6.07) is 3.29. The molecule has 0 aliphatic rings. The number of methoxy groups -OCH3 is 2. The summed E-state index contributed by atoms with van der Waals surface area (Å²) in [6.45, 7) is -0.402.